The Morgan fingerprint density at radius 2 is 2.00 bits per heavy atom. The molecule has 0 aliphatic rings. The summed E-state index contributed by atoms with van der Waals surface area (Å²) in [6, 6.07) is 15.9. The van der Waals surface area contributed by atoms with Gasteiger partial charge in [0, 0.05) is 0 Å². The Kier molecular flexibility index (Phi) is 3.09. The van der Waals surface area contributed by atoms with Crippen LogP contribution < -0.4 is 0 Å². The van der Waals surface area contributed by atoms with Crippen molar-refractivity contribution in [3.63, 3.8) is 0 Å². The average Bonchev–Trinajstić information content (AvgIpc) is 3.08. The number of thiophene rings is 1. The summed E-state index contributed by atoms with van der Waals surface area (Å²) >= 11 is 1.43. The van der Waals surface area contributed by atoms with Crippen molar-refractivity contribution in [1.29, 1.82) is 5.26 Å². The van der Waals surface area contributed by atoms with Crippen LogP contribution in [0.25, 0.3) is 10.6 Å². The lowest BCUT2D eigenvalue weighted by molar-refractivity contribution is 0.650. The smallest absolute Gasteiger partial charge is 0.123 e. The fourth-order valence-corrected chi connectivity index (χ4v) is 2.55. The highest BCUT2D eigenvalue weighted by Crippen LogP contribution is 2.25. The average molecular weight is 266 g/mol. The molecule has 0 N–H and O–H groups in total. The van der Waals surface area contributed by atoms with E-state index < -0.39 is 0 Å². The van der Waals surface area contributed by atoms with Gasteiger partial charge in [-0.25, -0.2) is 4.68 Å². The van der Waals surface area contributed by atoms with Crippen molar-refractivity contribution in [2.45, 2.75) is 6.54 Å². The molecule has 3 aromatic rings. The highest BCUT2D eigenvalue weighted by Gasteiger charge is 2.07. The maximum absolute atomic E-state index is 8.82. The number of benzene rings is 1. The van der Waals surface area contributed by atoms with E-state index in [1.807, 2.05) is 30.5 Å². The molecule has 0 unspecified atom stereocenters. The zero-order valence-corrected chi connectivity index (χ0v) is 10.8. The van der Waals surface area contributed by atoms with Crippen LogP contribution in [0.5, 0.6) is 0 Å². The minimum atomic E-state index is 0.688. The van der Waals surface area contributed by atoms with Gasteiger partial charge in [0.2, 0.25) is 0 Å². The highest BCUT2D eigenvalue weighted by atomic mass is 32.1. The molecule has 0 spiro atoms. The summed E-state index contributed by atoms with van der Waals surface area (Å²) in [4.78, 5) is 1.66. The Hall–Kier alpha value is -2.45. The summed E-state index contributed by atoms with van der Waals surface area (Å²) in [7, 11) is 0. The Bertz CT molecular complexity index is 721. The minimum absolute atomic E-state index is 0.688. The molecule has 0 saturated heterocycles. The van der Waals surface area contributed by atoms with Crippen LogP contribution in [0.15, 0.2) is 48.7 Å². The van der Waals surface area contributed by atoms with E-state index in [-0.39, 0.29) is 0 Å². The molecule has 3 rings (SSSR count). The van der Waals surface area contributed by atoms with Gasteiger partial charge >= 0.3 is 0 Å². The molecule has 2 aromatic heterocycles. The van der Waals surface area contributed by atoms with Crippen LogP contribution in [0.2, 0.25) is 0 Å². The maximum Gasteiger partial charge on any atom is 0.123 e. The van der Waals surface area contributed by atoms with Crippen LogP contribution in [-0.2, 0) is 6.54 Å². The van der Waals surface area contributed by atoms with Gasteiger partial charge in [-0.1, -0.05) is 35.5 Å². The first-order valence-electron chi connectivity index (χ1n) is 5.79. The molecule has 0 saturated carbocycles. The van der Waals surface area contributed by atoms with Crippen molar-refractivity contribution in [3.05, 3.63) is 59.1 Å². The SMILES string of the molecule is N#Cc1ccc(-c2cn(Cc3ccccc3)nn2)s1. The molecular weight excluding hydrogens is 256 g/mol. The number of rotatable bonds is 3. The molecule has 2 heterocycles. The second-order valence-electron chi connectivity index (χ2n) is 4.06. The van der Waals surface area contributed by atoms with E-state index in [1.165, 1.54) is 16.9 Å². The molecule has 0 atom stereocenters. The predicted octanol–water partition coefficient (Wildman–Crippen LogP) is 2.93. The predicted molar refractivity (Wildman–Crippen MR) is 73.6 cm³/mol. The molecule has 4 nitrogen and oxygen atoms in total. The van der Waals surface area contributed by atoms with Crippen molar-refractivity contribution in [3.8, 4) is 16.6 Å². The molecule has 0 radical (unpaired) electrons. The molecule has 92 valence electrons. The topological polar surface area (TPSA) is 54.5 Å². The molecule has 1 aromatic carbocycles. The van der Waals surface area contributed by atoms with Crippen molar-refractivity contribution >= 4 is 11.3 Å². The molecule has 0 fully saturated rings. The Labute approximate surface area is 114 Å². The van der Waals surface area contributed by atoms with E-state index in [1.54, 1.807) is 10.7 Å². The first-order chi connectivity index (χ1) is 9.35. The van der Waals surface area contributed by atoms with Gasteiger partial charge in [-0.3, -0.25) is 0 Å². The quantitative estimate of drug-likeness (QED) is 0.732. The van der Waals surface area contributed by atoms with Crippen LogP contribution in [0.4, 0.5) is 0 Å². The Morgan fingerprint density at radius 1 is 1.16 bits per heavy atom. The van der Waals surface area contributed by atoms with Crippen LogP contribution in [0.1, 0.15) is 10.4 Å². The monoisotopic (exact) mass is 266 g/mol. The Balaban J connectivity index is 1.82. The first kappa shape index (κ1) is 11.6. The second-order valence-corrected chi connectivity index (χ2v) is 5.15. The fourth-order valence-electron chi connectivity index (χ4n) is 1.79. The van der Waals surface area contributed by atoms with E-state index in [9.17, 15) is 0 Å². The van der Waals surface area contributed by atoms with Crippen molar-refractivity contribution in [1.82, 2.24) is 15.0 Å². The molecule has 5 heteroatoms. The minimum Gasteiger partial charge on any atom is -0.247 e. The molecule has 0 amide bonds. The lowest BCUT2D eigenvalue weighted by atomic mass is 10.2. The summed E-state index contributed by atoms with van der Waals surface area (Å²) in [5.74, 6) is 0. The van der Waals surface area contributed by atoms with Gasteiger partial charge in [-0.15, -0.1) is 16.4 Å². The van der Waals surface area contributed by atoms with E-state index >= 15 is 0 Å². The summed E-state index contributed by atoms with van der Waals surface area (Å²) < 4.78 is 1.80. The van der Waals surface area contributed by atoms with Gasteiger partial charge in [0.25, 0.3) is 0 Å². The number of nitriles is 1. The van der Waals surface area contributed by atoms with Crippen LogP contribution in [-0.4, -0.2) is 15.0 Å². The van der Waals surface area contributed by atoms with Gasteiger partial charge in [-0.05, 0) is 17.7 Å². The maximum atomic E-state index is 8.82. The summed E-state index contributed by atoms with van der Waals surface area (Å²) in [6.45, 7) is 0.699. The fraction of sp³-hybridized carbons (Fsp3) is 0.0714. The summed E-state index contributed by atoms with van der Waals surface area (Å²) in [6.07, 6.45) is 1.90. The third kappa shape index (κ3) is 2.54. The number of hydrogen-bond donors (Lipinski definition) is 0. The van der Waals surface area contributed by atoms with E-state index in [4.69, 9.17) is 5.26 Å². The molecule has 0 aliphatic heterocycles. The van der Waals surface area contributed by atoms with Crippen molar-refractivity contribution < 1.29 is 0 Å². The summed E-state index contributed by atoms with van der Waals surface area (Å²) in [5.41, 5.74) is 1.99. The highest BCUT2D eigenvalue weighted by molar-refractivity contribution is 7.15. The molecule has 0 bridgehead atoms. The first-order valence-corrected chi connectivity index (χ1v) is 6.61. The third-order valence-electron chi connectivity index (χ3n) is 2.69. The van der Waals surface area contributed by atoms with Gasteiger partial charge in [0.1, 0.15) is 16.6 Å². The molecule has 19 heavy (non-hydrogen) atoms. The lowest BCUT2D eigenvalue weighted by Gasteiger charge is -1.99. The molecule has 0 aliphatic carbocycles. The standard InChI is InChI=1S/C14H10N4S/c15-8-12-6-7-14(19-12)13-10-18(17-16-13)9-11-4-2-1-3-5-11/h1-7,10H,9H2. The number of hydrogen-bond acceptors (Lipinski definition) is 4. The van der Waals surface area contributed by atoms with E-state index in [0.29, 0.717) is 11.4 Å². The third-order valence-corrected chi connectivity index (χ3v) is 3.71. The lowest BCUT2D eigenvalue weighted by Crippen LogP contribution is -1.99. The summed E-state index contributed by atoms with van der Waals surface area (Å²) in [5, 5.41) is 17.1. The van der Waals surface area contributed by atoms with Gasteiger partial charge in [-0.2, -0.15) is 5.26 Å². The van der Waals surface area contributed by atoms with Crippen LogP contribution in [0.3, 0.4) is 0 Å². The zero-order chi connectivity index (χ0) is 13.1. The molecular formula is C14H10N4S. The normalized spacial score (nSPS) is 10.3. The van der Waals surface area contributed by atoms with Gasteiger partial charge < -0.3 is 0 Å². The van der Waals surface area contributed by atoms with Crippen molar-refractivity contribution in [2.75, 3.05) is 0 Å². The van der Waals surface area contributed by atoms with Crippen LogP contribution in [0, 0.1) is 11.3 Å². The van der Waals surface area contributed by atoms with Crippen LogP contribution >= 0.6 is 11.3 Å². The second kappa shape index (κ2) is 5.04. The Morgan fingerprint density at radius 3 is 2.74 bits per heavy atom. The number of aromatic nitrogens is 3. The number of nitrogens with zero attached hydrogens (tertiary/aromatic N) is 4. The van der Waals surface area contributed by atoms with Gasteiger partial charge in [0.15, 0.2) is 0 Å². The van der Waals surface area contributed by atoms with E-state index in [2.05, 4.69) is 28.5 Å². The van der Waals surface area contributed by atoms with Crippen molar-refractivity contribution in [2.24, 2.45) is 0 Å². The van der Waals surface area contributed by atoms with E-state index in [0.717, 1.165) is 10.6 Å². The zero-order valence-electron chi connectivity index (χ0n) is 10.0. The largest absolute Gasteiger partial charge is 0.247 e. The van der Waals surface area contributed by atoms with Gasteiger partial charge in [0.05, 0.1) is 17.6 Å².